The maximum absolute atomic E-state index is 6.56. The van der Waals surface area contributed by atoms with E-state index >= 15 is 0 Å². The summed E-state index contributed by atoms with van der Waals surface area (Å²) in [6.45, 7) is 30.5. The summed E-state index contributed by atoms with van der Waals surface area (Å²) in [5.74, 6) is 2.38. The highest BCUT2D eigenvalue weighted by molar-refractivity contribution is 6.17. The van der Waals surface area contributed by atoms with Crippen molar-refractivity contribution in [2.45, 2.75) is 99.0 Å². The minimum Gasteiger partial charge on any atom is -0.497 e. The van der Waals surface area contributed by atoms with Crippen LogP contribution in [0.25, 0.3) is 10.8 Å². The lowest BCUT2D eigenvalue weighted by Gasteiger charge is -2.36. The standard InChI is InChI=1S/C38H53N2O/c1-13-25(6)20-26(7)36-31-21-32(38(9,10)11)28-16-14-15-17-29(28)35(31)30-18-19-41-34(24(4)5)22-33(23(2)3)40(12)27(8)37(30)39-36/h14-17,21-25,30,37H,7-8,13,18-20H2,1-6,9-12H3/q+1/b34-22-,40-33+/t25-,30?,37?/m1/s1. The third-order valence-corrected chi connectivity index (χ3v) is 9.10. The monoisotopic (exact) mass is 553 g/mol. The van der Waals surface area contributed by atoms with Crippen molar-refractivity contribution in [3.63, 3.8) is 0 Å². The third-order valence-electron chi connectivity index (χ3n) is 9.10. The number of likely N-dealkylation sites (N-methyl/N-ethyl adjacent to an activating group) is 1. The summed E-state index contributed by atoms with van der Waals surface area (Å²) in [7, 11) is 2.16. The topological polar surface area (TPSA) is 24.6 Å². The summed E-state index contributed by atoms with van der Waals surface area (Å²) < 4.78 is 8.84. The molecule has 0 amide bonds. The Kier molecular flexibility index (Phi) is 9.16. The first-order valence-electron chi connectivity index (χ1n) is 15.7. The van der Waals surface area contributed by atoms with Gasteiger partial charge in [-0.05, 0) is 64.3 Å². The van der Waals surface area contributed by atoms with Gasteiger partial charge in [-0.25, -0.2) is 4.58 Å². The Bertz CT molecular complexity index is 1430. The lowest BCUT2D eigenvalue weighted by Crippen LogP contribution is -2.35. The normalized spacial score (nSPS) is 23.9. The number of rotatable bonds is 6. The maximum Gasteiger partial charge on any atom is 0.199 e. The number of allylic oxidation sites excluding steroid dienone is 3. The first-order chi connectivity index (χ1) is 19.3. The van der Waals surface area contributed by atoms with Crippen LogP contribution in [0.4, 0.5) is 0 Å². The second-order valence-electron chi connectivity index (χ2n) is 14.0. The maximum atomic E-state index is 6.56. The van der Waals surface area contributed by atoms with Crippen LogP contribution in [0, 0.1) is 17.8 Å². The number of ether oxygens (including phenoxy) is 1. The van der Waals surface area contributed by atoms with Gasteiger partial charge in [-0.1, -0.05) is 99.6 Å². The van der Waals surface area contributed by atoms with Crippen LogP contribution in [-0.2, 0) is 10.2 Å². The molecule has 0 fully saturated rings. The summed E-state index contributed by atoms with van der Waals surface area (Å²) >= 11 is 0. The molecule has 2 aliphatic rings. The molecule has 2 heterocycles. The van der Waals surface area contributed by atoms with Crippen LogP contribution in [0.3, 0.4) is 0 Å². The summed E-state index contributed by atoms with van der Waals surface area (Å²) in [6.07, 6.45) is 5.19. The average molecular weight is 554 g/mol. The van der Waals surface area contributed by atoms with E-state index < -0.39 is 0 Å². The van der Waals surface area contributed by atoms with E-state index in [1.54, 1.807) is 0 Å². The van der Waals surface area contributed by atoms with Gasteiger partial charge in [0.05, 0.1) is 12.3 Å². The van der Waals surface area contributed by atoms with E-state index in [0.29, 0.717) is 24.4 Å². The minimum absolute atomic E-state index is 0.00399. The van der Waals surface area contributed by atoms with Crippen LogP contribution < -0.4 is 0 Å². The zero-order valence-corrected chi connectivity index (χ0v) is 27.4. The van der Waals surface area contributed by atoms with Crippen molar-refractivity contribution in [2.75, 3.05) is 13.7 Å². The summed E-state index contributed by atoms with van der Waals surface area (Å²) in [4.78, 5) is 5.60. The fourth-order valence-corrected chi connectivity index (χ4v) is 6.46. The lowest BCUT2D eigenvalue weighted by molar-refractivity contribution is -0.449. The zero-order valence-electron chi connectivity index (χ0n) is 27.4. The molecule has 3 nitrogen and oxygen atoms in total. The number of benzene rings is 2. The third kappa shape index (κ3) is 6.15. The number of fused-ring (bicyclic) bond motifs is 5. The van der Waals surface area contributed by atoms with Crippen molar-refractivity contribution in [1.29, 1.82) is 0 Å². The molecule has 2 aliphatic heterocycles. The van der Waals surface area contributed by atoms with E-state index in [1.807, 2.05) is 0 Å². The van der Waals surface area contributed by atoms with Gasteiger partial charge in [0.25, 0.3) is 0 Å². The van der Waals surface area contributed by atoms with Gasteiger partial charge in [0.15, 0.2) is 11.4 Å². The van der Waals surface area contributed by atoms with Gasteiger partial charge in [-0.15, -0.1) is 0 Å². The largest absolute Gasteiger partial charge is 0.497 e. The van der Waals surface area contributed by atoms with Crippen LogP contribution >= 0.6 is 0 Å². The van der Waals surface area contributed by atoms with Crippen LogP contribution in [0.2, 0.25) is 0 Å². The van der Waals surface area contributed by atoms with Gasteiger partial charge in [0.1, 0.15) is 18.8 Å². The Morgan fingerprint density at radius 3 is 2.32 bits per heavy atom. The van der Waals surface area contributed by atoms with E-state index in [2.05, 4.69) is 117 Å². The lowest BCUT2D eigenvalue weighted by atomic mass is 9.73. The van der Waals surface area contributed by atoms with E-state index in [-0.39, 0.29) is 17.4 Å². The fraction of sp³-hybridized carbons (Fsp3) is 0.526. The second-order valence-corrected chi connectivity index (χ2v) is 14.0. The summed E-state index contributed by atoms with van der Waals surface area (Å²) in [5, 5.41) is 2.66. The first-order valence-corrected chi connectivity index (χ1v) is 15.7. The smallest absolute Gasteiger partial charge is 0.199 e. The predicted octanol–water partition coefficient (Wildman–Crippen LogP) is 9.60. The Morgan fingerprint density at radius 1 is 1.07 bits per heavy atom. The summed E-state index contributed by atoms with van der Waals surface area (Å²) in [6, 6.07) is 11.3. The van der Waals surface area contributed by atoms with E-state index in [4.69, 9.17) is 16.3 Å². The predicted molar refractivity (Wildman–Crippen MR) is 178 cm³/mol. The molecule has 2 unspecified atom stereocenters. The van der Waals surface area contributed by atoms with Gasteiger partial charge >= 0.3 is 0 Å². The molecule has 0 saturated carbocycles. The molecule has 0 saturated heterocycles. The number of aliphatic imine (C=N–C) groups is 1. The molecular weight excluding hydrogens is 500 g/mol. The molecule has 41 heavy (non-hydrogen) atoms. The van der Waals surface area contributed by atoms with Crippen molar-refractivity contribution in [3.05, 3.63) is 83.3 Å². The van der Waals surface area contributed by atoms with Crippen molar-refractivity contribution in [2.24, 2.45) is 22.7 Å². The Labute approximate surface area is 249 Å². The minimum atomic E-state index is -0.0913. The molecule has 0 aromatic heterocycles. The second kappa shape index (κ2) is 12.1. The Morgan fingerprint density at radius 2 is 1.73 bits per heavy atom. The molecule has 0 aliphatic carbocycles. The van der Waals surface area contributed by atoms with Crippen LogP contribution in [0.1, 0.15) is 104 Å². The van der Waals surface area contributed by atoms with Gasteiger partial charge in [-0.2, -0.15) is 0 Å². The quantitative estimate of drug-likeness (QED) is 0.327. The molecule has 0 spiro atoms. The van der Waals surface area contributed by atoms with E-state index in [1.165, 1.54) is 33.2 Å². The number of hydrogen-bond donors (Lipinski definition) is 0. The average Bonchev–Trinajstić information content (AvgIpc) is 2.91. The summed E-state index contributed by atoms with van der Waals surface area (Å²) in [5.41, 5.74) is 8.45. The molecule has 0 bridgehead atoms. The Hall–Kier alpha value is -2.94. The SMILES string of the molecule is C=C(C[C@H](C)CC)C1=NC2C(=C)/[N+](C)=C(C(C)C)\C=C(\C(C)C)OCCC2c2c1cc(C(C)(C)C)c1ccccc21. The molecule has 2 aromatic carbocycles. The van der Waals surface area contributed by atoms with Gasteiger partial charge < -0.3 is 4.74 Å². The van der Waals surface area contributed by atoms with E-state index in [9.17, 15) is 0 Å². The van der Waals surface area contributed by atoms with Crippen LogP contribution in [0.5, 0.6) is 0 Å². The van der Waals surface area contributed by atoms with Crippen LogP contribution in [-0.4, -0.2) is 35.7 Å². The molecule has 0 radical (unpaired) electrons. The molecule has 3 atom stereocenters. The van der Waals surface area contributed by atoms with Gasteiger partial charge in [0.2, 0.25) is 0 Å². The highest BCUT2D eigenvalue weighted by Crippen LogP contribution is 2.45. The van der Waals surface area contributed by atoms with Crippen LogP contribution in [0.15, 0.2) is 71.6 Å². The molecule has 2 aromatic rings. The molecule has 0 N–H and O–H groups in total. The molecule has 4 rings (SSSR count). The molecular formula is C38H53N2O+. The number of nitrogens with zero attached hydrogens (tertiary/aromatic N) is 2. The van der Waals surface area contributed by atoms with E-state index in [0.717, 1.165) is 42.0 Å². The molecule has 220 valence electrons. The number of hydrogen-bond acceptors (Lipinski definition) is 2. The highest BCUT2D eigenvalue weighted by atomic mass is 16.5. The van der Waals surface area contributed by atoms with Gasteiger partial charge in [0, 0.05) is 29.4 Å². The van der Waals surface area contributed by atoms with Crippen molar-refractivity contribution >= 4 is 22.2 Å². The zero-order chi connectivity index (χ0) is 30.2. The Balaban J connectivity index is 2.05. The first kappa shape index (κ1) is 31.0. The fourth-order valence-electron chi connectivity index (χ4n) is 6.46. The van der Waals surface area contributed by atoms with Gasteiger partial charge in [-0.3, -0.25) is 4.99 Å². The molecule has 3 heteroatoms. The van der Waals surface area contributed by atoms with Crippen molar-refractivity contribution < 1.29 is 9.31 Å². The highest BCUT2D eigenvalue weighted by Gasteiger charge is 2.40. The van der Waals surface area contributed by atoms with Crippen molar-refractivity contribution in [1.82, 2.24) is 0 Å². The van der Waals surface area contributed by atoms with Crippen molar-refractivity contribution in [3.8, 4) is 0 Å².